The molecule has 2 N–H and O–H groups in total. The Morgan fingerprint density at radius 3 is 2.74 bits per heavy atom. The molecule has 1 amide bonds. The number of likely N-dealkylation sites (tertiary alicyclic amines) is 1. The standard InChI is InChI=1S/C20H22BrClN2O6S/c1-29-11-14-4-3-7-24(14)20(26)15-9-13(22)10-16(19(15)25)23-31(27,28)18-8-12(21)5-6-17(18)30-2/h5-6,8-10,14,23,25H,3-4,7,11H2,1-2H3/t14-/m1/s1. The summed E-state index contributed by atoms with van der Waals surface area (Å²) in [5, 5.41) is 10.8. The number of aromatic hydroxyl groups is 1. The van der Waals surface area contributed by atoms with Gasteiger partial charge in [-0.2, -0.15) is 0 Å². The Morgan fingerprint density at radius 2 is 2.06 bits per heavy atom. The molecule has 0 radical (unpaired) electrons. The molecule has 0 unspecified atom stereocenters. The maximum Gasteiger partial charge on any atom is 0.265 e. The third-order valence-corrected chi connectivity index (χ3v) is 7.06. The minimum Gasteiger partial charge on any atom is -0.505 e. The largest absolute Gasteiger partial charge is 0.505 e. The number of halogens is 2. The first-order valence-corrected chi connectivity index (χ1v) is 12.0. The number of hydrogen-bond donors (Lipinski definition) is 2. The van der Waals surface area contributed by atoms with Crippen LogP contribution in [0.3, 0.4) is 0 Å². The van der Waals surface area contributed by atoms with Crippen molar-refractivity contribution < 1.29 is 27.8 Å². The van der Waals surface area contributed by atoms with E-state index in [2.05, 4.69) is 20.7 Å². The molecule has 0 aliphatic carbocycles. The second-order valence-electron chi connectivity index (χ2n) is 7.00. The number of ether oxygens (including phenoxy) is 2. The second kappa shape index (κ2) is 9.64. The highest BCUT2D eigenvalue weighted by atomic mass is 79.9. The molecule has 1 aliphatic rings. The van der Waals surface area contributed by atoms with Gasteiger partial charge in [-0.25, -0.2) is 8.42 Å². The van der Waals surface area contributed by atoms with E-state index in [-0.39, 0.29) is 33.0 Å². The van der Waals surface area contributed by atoms with Crippen LogP contribution in [0.1, 0.15) is 23.2 Å². The molecular weight excluding hydrogens is 512 g/mol. The van der Waals surface area contributed by atoms with Crippen molar-refractivity contribution in [1.29, 1.82) is 0 Å². The van der Waals surface area contributed by atoms with E-state index in [4.69, 9.17) is 21.1 Å². The summed E-state index contributed by atoms with van der Waals surface area (Å²) in [6.07, 6.45) is 1.59. The van der Waals surface area contributed by atoms with Crippen molar-refractivity contribution in [2.75, 3.05) is 32.1 Å². The van der Waals surface area contributed by atoms with Gasteiger partial charge < -0.3 is 19.5 Å². The Balaban J connectivity index is 1.98. The zero-order valence-electron chi connectivity index (χ0n) is 16.9. The van der Waals surface area contributed by atoms with Crippen LogP contribution in [0.15, 0.2) is 39.7 Å². The van der Waals surface area contributed by atoms with Gasteiger partial charge in [0.15, 0.2) is 5.75 Å². The first-order chi connectivity index (χ1) is 14.7. The molecule has 8 nitrogen and oxygen atoms in total. The molecule has 3 rings (SSSR count). The summed E-state index contributed by atoms with van der Waals surface area (Å²) < 4.78 is 39.1. The Morgan fingerprint density at radius 1 is 1.32 bits per heavy atom. The minimum atomic E-state index is -4.17. The van der Waals surface area contributed by atoms with Gasteiger partial charge in [-0.05, 0) is 43.2 Å². The number of carbonyl (C=O) groups excluding carboxylic acids is 1. The van der Waals surface area contributed by atoms with Crippen molar-refractivity contribution >= 4 is 49.1 Å². The zero-order valence-corrected chi connectivity index (χ0v) is 20.1. The van der Waals surface area contributed by atoms with E-state index in [0.717, 1.165) is 12.8 Å². The highest BCUT2D eigenvalue weighted by Crippen LogP contribution is 2.36. The van der Waals surface area contributed by atoms with E-state index >= 15 is 0 Å². The van der Waals surface area contributed by atoms with Crippen molar-refractivity contribution in [2.24, 2.45) is 0 Å². The number of nitrogens with zero attached hydrogens (tertiary/aromatic N) is 1. The number of rotatable bonds is 7. The third-order valence-electron chi connectivity index (χ3n) is 4.96. The van der Waals surface area contributed by atoms with Crippen LogP contribution in [0.2, 0.25) is 5.02 Å². The number of benzene rings is 2. The number of hydrogen-bond acceptors (Lipinski definition) is 6. The van der Waals surface area contributed by atoms with E-state index in [1.165, 1.54) is 31.4 Å². The SMILES string of the molecule is COC[C@H]1CCCN1C(=O)c1cc(Cl)cc(NS(=O)(=O)c2cc(Br)ccc2OC)c1O. The number of amides is 1. The van der Waals surface area contributed by atoms with E-state index in [0.29, 0.717) is 17.6 Å². The zero-order chi connectivity index (χ0) is 22.8. The maximum atomic E-state index is 13.1. The van der Waals surface area contributed by atoms with Crippen LogP contribution < -0.4 is 9.46 Å². The molecule has 1 fully saturated rings. The van der Waals surface area contributed by atoms with E-state index in [9.17, 15) is 18.3 Å². The molecule has 1 saturated heterocycles. The summed E-state index contributed by atoms with van der Waals surface area (Å²) in [5.74, 6) is -0.831. The Bertz CT molecular complexity index is 1100. The van der Waals surface area contributed by atoms with Gasteiger partial charge in [0.2, 0.25) is 0 Å². The summed E-state index contributed by atoms with van der Waals surface area (Å²) in [6, 6.07) is 6.94. The van der Waals surface area contributed by atoms with Crippen molar-refractivity contribution in [3.05, 3.63) is 45.4 Å². The summed E-state index contributed by atoms with van der Waals surface area (Å²) in [6.45, 7) is 0.879. The number of nitrogens with one attached hydrogen (secondary N) is 1. The van der Waals surface area contributed by atoms with Crippen LogP contribution >= 0.6 is 27.5 Å². The molecule has 0 bridgehead atoms. The molecule has 1 atom stereocenters. The highest BCUT2D eigenvalue weighted by Gasteiger charge is 2.32. The topological polar surface area (TPSA) is 105 Å². The lowest BCUT2D eigenvalue weighted by Crippen LogP contribution is -2.38. The molecule has 31 heavy (non-hydrogen) atoms. The molecule has 1 aliphatic heterocycles. The number of methoxy groups -OCH3 is 2. The van der Waals surface area contributed by atoms with Gasteiger partial charge in [-0.3, -0.25) is 9.52 Å². The van der Waals surface area contributed by atoms with Gasteiger partial charge in [0.1, 0.15) is 10.6 Å². The summed E-state index contributed by atoms with van der Waals surface area (Å²) in [7, 11) is -1.26. The number of carbonyl (C=O) groups is 1. The summed E-state index contributed by atoms with van der Waals surface area (Å²) >= 11 is 9.39. The summed E-state index contributed by atoms with van der Waals surface area (Å²) in [5.41, 5.74) is -0.297. The Labute approximate surface area is 194 Å². The minimum absolute atomic E-state index is 0.0885. The molecular formula is C20H22BrClN2O6S. The van der Waals surface area contributed by atoms with Crippen molar-refractivity contribution in [1.82, 2.24) is 4.90 Å². The molecule has 11 heteroatoms. The summed E-state index contributed by atoms with van der Waals surface area (Å²) in [4.78, 5) is 14.5. The van der Waals surface area contributed by atoms with Gasteiger partial charge in [0.05, 0.1) is 31.0 Å². The lowest BCUT2D eigenvalue weighted by atomic mass is 10.1. The quantitative estimate of drug-likeness (QED) is 0.524. The van der Waals surface area contributed by atoms with Gasteiger partial charge in [0, 0.05) is 23.1 Å². The normalized spacial score (nSPS) is 16.4. The average Bonchev–Trinajstić information content (AvgIpc) is 3.18. The van der Waals surface area contributed by atoms with E-state index in [1.807, 2.05) is 0 Å². The molecule has 168 valence electrons. The fourth-order valence-electron chi connectivity index (χ4n) is 3.52. The van der Waals surface area contributed by atoms with Gasteiger partial charge in [0.25, 0.3) is 15.9 Å². The molecule has 0 spiro atoms. The fourth-order valence-corrected chi connectivity index (χ4v) is 5.51. The second-order valence-corrected chi connectivity index (χ2v) is 10.0. The smallest absolute Gasteiger partial charge is 0.265 e. The predicted octanol–water partition coefficient (Wildman–Crippen LogP) is 3.87. The Hall–Kier alpha value is -2.01. The van der Waals surface area contributed by atoms with Crippen molar-refractivity contribution in [3.8, 4) is 11.5 Å². The fraction of sp³-hybridized carbons (Fsp3) is 0.350. The first kappa shape index (κ1) is 23.6. The lowest BCUT2D eigenvalue weighted by Gasteiger charge is -2.25. The van der Waals surface area contributed by atoms with E-state index in [1.54, 1.807) is 18.1 Å². The van der Waals surface area contributed by atoms with Crippen LogP contribution in [-0.2, 0) is 14.8 Å². The van der Waals surface area contributed by atoms with Crippen molar-refractivity contribution in [2.45, 2.75) is 23.8 Å². The average molecular weight is 534 g/mol. The van der Waals surface area contributed by atoms with Crippen LogP contribution in [0.4, 0.5) is 5.69 Å². The molecule has 0 saturated carbocycles. The van der Waals surface area contributed by atoms with Gasteiger partial charge in [-0.15, -0.1) is 0 Å². The number of phenols is 1. The van der Waals surface area contributed by atoms with Gasteiger partial charge >= 0.3 is 0 Å². The first-order valence-electron chi connectivity index (χ1n) is 9.36. The van der Waals surface area contributed by atoms with Crippen molar-refractivity contribution in [3.63, 3.8) is 0 Å². The van der Waals surface area contributed by atoms with Crippen LogP contribution in [-0.4, -0.2) is 57.7 Å². The van der Waals surface area contributed by atoms with Crippen LogP contribution in [0.5, 0.6) is 11.5 Å². The number of anilines is 1. The van der Waals surface area contributed by atoms with E-state index < -0.39 is 21.7 Å². The molecule has 0 aromatic heterocycles. The molecule has 2 aromatic rings. The monoisotopic (exact) mass is 532 g/mol. The van der Waals surface area contributed by atoms with Gasteiger partial charge in [-0.1, -0.05) is 27.5 Å². The van der Waals surface area contributed by atoms with Crippen LogP contribution in [0, 0.1) is 0 Å². The number of phenolic OH excluding ortho intramolecular Hbond substituents is 1. The third kappa shape index (κ3) is 5.08. The van der Waals surface area contributed by atoms with Crippen LogP contribution in [0.25, 0.3) is 0 Å². The molecule has 2 aromatic carbocycles. The molecule has 1 heterocycles. The lowest BCUT2D eigenvalue weighted by molar-refractivity contribution is 0.0628. The predicted molar refractivity (Wildman–Crippen MR) is 121 cm³/mol. The maximum absolute atomic E-state index is 13.1. The number of sulfonamides is 1. The Kier molecular flexibility index (Phi) is 7.35. The highest BCUT2D eigenvalue weighted by molar-refractivity contribution is 9.10.